The Balaban J connectivity index is 1.36. The summed E-state index contributed by atoms with van der Waals surface area (Å²) in [5.41, 5.74) is 3.43. The Morgan fingerprint density at radius 2 is 1.91 bits per heavy atom. The molecule has 6 nitrogen and oxygen atoms in total. The van der Waals surface area contributed by atoms with Crippen molar-refractivity contribution < 1.29 is 9.90 Å². The van der Waals surface area contributed by atoms with Gasteiger partial charge in [-0.3, -0.25) is 4.79 Å². The number of aromatic nitrogens is 2. The number of amides is 1. The first-order valence-electron chi connectivity index (χ1n) is 10.6. The number of nitrogens with one attached hydrogen (secondary N) is 1. The number of anilines is 2. The number of benzene rings is 2. The van der Waals surface area contributed by atoms with Gasteiger partial charge in [0.25, 0.3) is 5.91 Å². The van der Waals surface area contributed by atoms with E-state index in [9.17, 15) is 9.90 Å². The number of hydrogen-bond acceptors (Lipinski definition) is 5. The van der Waals surface area contributed by atoms with Crippen molar-refractivity contribution in [3.05, 3.63) is 70.2 Å². The topological polar surface area (TPSA) is 70.4 Å². The molecular formula is C24H23ClN4O2S. The number of thiophene rings is 1. The second-order valence-electron chi connectivity index (χ2n) is 8.00. The molecule has 3 heterocycles. The molecule has 8 heteroatoms. The van der Waals surface area contributed by atoms with Crippen LogP contribution in [-0.4, -0.2) is 40.0 Å². The Hall–Kier alpha value is -2.87. The molecule has 1 aliphatic heterocycles. The summed E-state index contributed by atoms with van der Waals surface area (Å²) in [7, 11) is 0. The standard InChI is InChI=1S/C24H23ClN4O2S/c1-15-19-14-22(32-24(19)29(27-15)17-5-3-2-4-6-17)23(31)26-16-7-8-21(20(25)13-16)28-11-9-18(30)10-12-28/h2-8,13-14,18,30H,9-12H2,1H3,(H,26,31). The number of halogens is 1. The molecule has 164 valence electrons. The lowest BCUT2D eigenvalue weighted by atomic mass is 10.1. The summed E-state index contributed by atoms with van der Waals surface area (Å²) in [5, 5.41) is 18.9. The highest BCUT2D eigenvalue weighted by molar-refractivity contribution is 7.20. The molecule has 0 atom stereocenters. The Kier molecular flexibility index (Phi) is 5.63. The van der Waals surface area contributed by atoms with Crippen LogP contribution in [0, 0.1) is 6.92 Å². The first-order chi connectivity index (χ1) is 15.5. The number of aryl methyl sites for hydroxylation is 1. The number of aliphatic hydroxyl groups is 1. The molecule has 0 spiro atoms. The molecule has 32 heavy (non-hydrogen) atoms. The quantitative estimate of drug-likeness (QED) is 0.430. The third-order valence-corrected chi connectivity index (χ3v) is 7.19. The fraction of sp³-hybridized carbons (Fsp3) is 0.250. The van der Waals surface area contributed by atoms with Crippen molar-refractivity contribution in [3.63, 3.8) is 0 Å². The van der Waals surface area contributed by atoms with Gasteiger partial charge in [-0.15, -0.1) is 11.3 Å². The molecule has 2 aromatic heterocycles. The zero-order valence-electron chi connectivity index (χ0n) is 17.6. The van der Waals surface area contributed by atoms with Gasteiger partial charge in [-0.1, -0.05) is 29.8 Å². The van der Waals surface area contributed by atoms with Gasteiger partial charge in [-0.2, -0.15) is 5.10 Å². The zero-order chi connectivity index (χ0) is 22.2. The van der Waals surface area contributed by atoms with E-state index in [1.54, 1.807) is 6.07 Å². The summed E-state index contributed by atoms with van der Waals surface area (Å²) in [6, 6.07) is 17.4. The van der Waals surface area contributed by atoms with Crippen molar-refractivity contribution in [2.24, 2.45) is 0 Å². The van der Waals surface area contributed by atoms with Gasteiger partial charge in [0.1, 0.15) is 4.83 Å². The molecule has 1 amide bonds. The normalized spacial score (nSPS) is 14.8. The summed E-state index contributed by atoms with van der Waals surface area (Å²) >= 11 is 7.94. The minimum Gasteiger partial charge on any atom is -0.393 e. The Morgan fingerprint density at radius 1 is 1.16 bits per heavy atom. The van der Waals surface area contributed by atoms with Crippen LogP contribution in [-0.2, 0) is 0 Å². The molecule has 0 radical (unpaired) electrons. The average molecular weight is 467 g/mol. The van der Waals surface area contributed by atoms with Gasteiger partial charge in [-0.05, 0) is 56.2 Å². The van der Waals surface area contributed by atoms with E-state index >= 15 is 0 Å². The van der Waals surface area contributed by atoms with E-state index in [4.69, 9.17) is 11.6 Å². The number of hydrogen-bond donors (Lipinski definition) is 2. The molecule has 2 N–H and O–H groups in total. The van der Waals surface area contributed by atoms with Crippen molar-refractivity contribution in [1.29, 1.82) is 0 Å². The van der Waals surface area contributed by atoms with Crippen molar-refractivity contribution in [2.75, 3.05) is 23.3 Å². The number of carbonyl (C=O) groups excluding carboxylic acids is 1. The zero-order valence-corrected chi connectivity index (χ0v) is 19.2. The van der Waals surface area contributed by atoms with Crippen LogP contribution in [0.25, 0.3) is 15.9 Å². The minimum absolute atomic E-state index is 0.171. The highest BCUT2D eigenvalue weighted by Gasteiger charge is 2.20. The van der Waals surface area contributed by atoms with E-state index in [2.05, 4.69) is 15.3 Å². The van der Waals surface area contributed by atoms with E-state index in [0.717, 1.165) is 53.2 Å². The lowest BCUT2D eigenvalue weighted by Crippen LogP contribution is -2.35. The average Bonchev–Trinajstić information content (AvgIpc) is 3.36. The summed E-state index contributed by atoms with van der Waals surface area (Å²) < 4.78 is 1.88. The second kappa shape index (κ2) is 8.58. The molecular weight excluding hydrogens is 444 g/mol. The molecule has 0 bridgehead atoms. The first-order valence-corrected chi connectivity index (χ1v) is 11.8. The Labute approximate surface area is 195 Å². The molecule has 0 aliphatic carbocycles. The molecule has 0 saturated carbocycles. The lowest BCUT2D eigenvalue weighted by Gasteiger charge is -2.32. The molecule has 1 aliphatic rings. The van der Waals surface area contributed by atoms with E-state index < -0.39 is 0 Å². The first kappa shape index (κ1) is 21.0. The van der Waals surface area contributed by atoms with Gasteiger partial charge in [-0.25, -0.2) is 4.68 Å². The fourth-order valence-corrected chi connectivity index (χ4v) is 5.42. The molecule has 1 fully saturated rings. The van der Waals surface area contributed by atoms with Crippen LogP contribution in [0.5, 0.6) is 0 Å². The predicted octanol–water partition coefficient (Wildman–Crippen LogP) is 5.26. The number of aliphatic hydroxyl groups excluding tert-OH is 1. The van der Waals surface area contributed by atoms with Crippen molar-refractivity contribution in [2.45, 2.75) is 25.9 Å². The predicted molar refractivity (Wildman–Crippen MR) is 131 cm³/mol. The maximum atomic E-state index is 13.0. The number of piperidine rings is 1. The molecule has 4 aromatic rings. The van der Waals surface area contributed by atoms with E-state index in [0.29, 0.717) is 15.6 Å². The molecule has 0 unspecified atom stereocenters. The van der Waals surface area contributed by atoms with Crippen LogP contribution in [0.2, 0.25) is 5.02 Å². The molecule has 5 rings (SSSR count). The SMILES string of the molecule is Cc1nn(-c2ccccc2)c2sc(C(=O)Nc3ccc(N4CCC(O)CC4)c(Cl)c3)cc12. The van der Waals surface area contributed by atoms with Crippen LogP contribution in [0.15, 0.2) is 54.6 Å². The largest absolute Gasteiger partial charge is 0.393 e. The number of nitrogens with zero attached hydrogens (tertiary/aromatic N) is 3. The van der Waals surface area contributed by atoms with Crippen molar-refractivity contribution >= 4 is 50.4 Å². The highest BCUT2D eigenvalue weighted by Crippen LogP contribution is 2.33. The van der Waals surface area contributed by atoms with Crippen LogP contribution >= 0.6 is 22.9 Å². The van der Waals surface area contributed by atoms with E-state index in [1.807, 2.05) is 60.1 Å². The monoisotopic (exact) mass is 466 g/mol. The Morgan fingerprint density at radius 3 is 2.62 bits per heavy atom. The maximum absolute atomic E-state index is 13.0. The van der Waals surface area contributed by atoms with Crippen LogP contribution in [0.4, 0.5) is 11.4 Å². The smallest absolute Gasteiger partial charge is 0.265 e. The minimum atomic E-state index is -0.234. The summed E-state index contributed by atoms with van der Waals surface area (Å²) in [6.45, 7) is 3.49. The Bertz CT molecular complexity index is 1280. The third-order valence-electron chi connectivity index (χ3n) is 5.78. The number of carbonyl (C=O) groups is 1. The van der Waals surface area contributed by atoms with Gasteiger partial charge < -0.3 is 15.3 Å². The van der Waals surface area contributed by atoms with Gasteiger partial charge in [0.15, 0.2) is 0 Å². The summed E-state index contributed by atoms with van der Waals surface area (Å²) in [6.07, 6.45) is 1.24. The van der Waals surface area contributed by atoms with Gasteiger partial charge >= 0.3 is 0 Å². The van der Waals surface area contributed by atoms with E-state index in [1.165, 1.54) is 11.3 Å². The number of rotatable bonds is 4. The molecule has 1 saturated heterocycles. The number of para-hydroxylation sites is 1. The number of fused-ring (bicyclic) bond motifs is 1. The van der Waals surface area contributed by atoms with Gasteiger partial charge in [0.05, 0.1) is 33.1 Å². The van der Waals surface area contributed by atoms with Gasteiger partial charge in [0, 0.05) is 24.2 Å². The van der Waals surface area contributed by atoms with Crippen LogP contribution < -0.4 is 10.2 Å². The summed E-state index contributed by atoms with van der Waals surface area (Å²) in [4.78, 5) is 16.7. The lowest BCUT2D eigenvalue weighted by molar-refractivity contribution is 0.103. The highest BCUT2D eigenvalue weighted by atomic mass is 35.5. The van der Waals surface area contributed by atoms with E-state index in [-0.39, 0.29) is 12.0 Å². The van der Waals surface area contributed by atoms with Gasteiger partial charge in [0.2, 0.25) is 0 Å². The molecule has 2 aromatic carbocycles. The maximum Gasteiger partial charge on any atom is 0.265 e. The second-order valence-corrected chi connectivity index (χ2v) is 9.44. The summed E-state index contributed by atoms with van der Waals surface area (Å²) in [5.74, 6) is -0.171. The van der Waals surface area contributed by atoms with Crippen LogP contribution in [0.3, 0.4) is 0 Å². The van der Waals surface area contributed by atoms with Crippen LogP contribution in [0.1, 0.15) is 28.2 Å². The van der Waals surface area contributed by atoms with Crippen molar-refractivity contribution in [3.8, 4) is 5.69 Å². The third kappa shape index (κ3) is 3.99. The van der Waals surface area contributed by atoms with Crippen molar-refractivity contribution in [1.82, 2.24) is 9.78 Å². The fourth-order valence-electron chi connectivity index (χ4n) is 4.04.